The minimum Gasteiger partial charge on any atom is -0.323 e. The van der Waals surface area contributed by atoms with E-state index in [1.54, 1.807) is 4.68 Å². The molecule has 5 heteroatoms. The van der Waals surface area contributed by atoms with Crippen LogP contribution >= 0.6 is 0 Å². The summed E-state index contributed by atoms with van der Waals surface area (Å²) in [7, 11) is 0. The summed E-state index contributed by atoms with van der Waals surface area (Å²) in [5.41, 5.74) is 8.85. The topological polar surface area (TPSA) is 69.6 Å². The molecule has 0 saturated carbocycles. The third-order valence-corrected chi connectivity index (χ3v) is 2.81. The highest BCUT2D eigenvalue weighted by Gasteiger charge is 2.09. The molecule has 0 radical (unpaired) electrons. The Morgan fingerprint density at radius 1 is 1.39 bits per heavy atom. The van der Waals surface area contributed by atoms with Crippen molar-refractivity contribution >= 4 is 0 Å². The first-order chi connectivity index (χ1) is 8.69. The highest BCUT2D eigenvalue weighted by molar-refractivity contribution is 5.10. The van der Waals surface area contributed by atoms with Crippen LogP contribution in [0, 0.1) is 6.92 Å². The lowest BCUT2D eigenvalue weighted by molar-refractivity contribution is 0.616. The van der Waals surface area contributed by atoms with Crippen molar-refractivity contribution in [1.29, 1.82) is 0 Å². The molecule has 2 heterocycles. The van der Waals surface area contributed by atoms with Crippen LogP contribution in [0.1, 0.15) is 42.9 Å². The van der Waals surface area contributed by atoms with E-state index in [2.05, 4.69) is 22.2 Å². The molecule has 18 heavy (non-hydrogen) atoms. The first-order valence-electron chi connectivity index (χ1n) is 6.27. The van der Waals surface area contributed by atoms with E-state index in [1.165, 1.54) is 0 Å². The average Bonchev–Trinajstić information content (AvgIpc) is 2.78. The third-order valence-electron chi connectivity index (χ3n) is 2.81. The monoisotopic (exact) mass is 245 g/mol. The Morgan fingerprint density at radius 3 is 2.94 bits per heavy atom. The Hall–Kier alpha value is -1.75. The van der Waals surface area contributed by atoms with Crippen molar-refractivity contribution in [2.45, 2.75) is 39.3 Å². The van der Waals surface area contributed by atoms with Gasteiger partial charge < -0.3 is 5.73 Å². The largest absolute Gasteiger partial charge is 0.323 e. The molecule has 0 aliphatic heterocycles. The van der Waals surface area contributed by atoms with Crippen LogP contribution < -0.4 is 5.73 Å². The number of nitrogens with zero attached hydrogens (tertiary/aromatic N) is 4. The summed E-state index contributed by atoms with van der Waals surface area (Å²) in [5, 5.41) is 8.20. The van der Waals surface area contributed by atoms with E-state index in [4.69, 9.17) is 5.73 Å². The average molecular weight is 245 g/mol. The van der Waals surface area contributed by atoms with Gasteiger partial charge in [0, 0.05) is 5.69 Å². The second-order valence-electron chi connectivity index (χ2n) is 4.51. The Morgan fingerprint density at radius 2 is 2.22 bits per heavy atom. The third kappa shape index (κ3) is 3.13. The second kappa shape index (κ2) is 5.73. The molecule has 0 bridgehead atoms. The lowest BCUT2D eigenvalue weighted by atomic mass is 10.1. The second-order valence-corrected chi connectivity index (χ2v) is 4.51. The van der Waals surface area contributed by atoms with Gasteiger partial charge >= 0.3 is 0 Å². The molecule has 2 N–H and O–H groups in total. The number of aryl methyl sites for hydroxylation is 1. The molecule has 2 aromatic rings. The van der Waals surface area contributed by atoms with Crippen LogP contribution in [0.25, 0.3) is 0 Å². The Kier molecular flexibility index (Phi) is 4.04. The van der Waals surface area contributed by atoms with Crippen LogP contribution in [-0.4, -0.2) is 20.0 Å². The van der Waals surface area contributed by atoms with Crippen LogP contribution in [0.3, 0.4) is 0 Å². The number of aromatic nitrogens is 4. The molecule has 96 valence electrons. The van der Waals surface area contributed by atoms with Crippen molar-refractivity contribution in [1.82, 2.24) is 20.0 Å². The normalized spacial score (nSPS) is 12.6. The lowest BCUT2D eigenvalue weighted by Gasteiger charge is -2.04. The van der Waals surface area contributed by atoms with Gasteiger partial charge in [0.2, 0.25) is 0 Å². The molecule has 2 aromatic heterocycles. The summed E-state index contributed by atoms with van der Waals surface area (Å²) in [6, 6.07) is 5.95. The molecule has 1 atom stereocenters. The van der Waals surface area contributed by atoms with Crippen molar-refractivity contribution in [3.63, 3.8) is 0 Å². The smallest absolute Gasteiger partial charge is 0.0994 e. The van der Waals surface area contributed by atoms with Crippen LogP contribution in [0.2, 0.25) is 0 Å². The van der Waals surface area contributed by atoms with Gasteiger partial charge in [-0.15, -0.1) is 5.10 Å². The van der Waals surface area contributed by atoms with Crippen LogP contribution in [0.15, 0.2) is 24.4 Å². The highest BCUT2D eigenvalue weighted by Crippen LogP contribution is 2.12. The van der Waals surface area contributed by atoms with Gasteiger partial charge in [-0.05, 0) is 25.5 Å². The number of hydrogen-bond donors (Lipinski definition) is 1. The van der Waals surface area contributed by atoms with Gasteiger partial charge in [0.25, 0.3) is 0 Å². The maximum Gasteiger partial charge on any atom is 0.0994 e. The van der Waals surface area contributed by atoms with Gasteiger partial charge in [-0.1, -0.05) is 24.6 Å². The fourth-order valence-corrected chi connectivity index (χ4v) is 1.87. The molecular weight excluding hydrogens is 226 g/mol. The van der Waals surface area contributed by atoms with E-state index in [-0.39, 0.29) is 6.04 Å². The van der Waals surface area contributed by atoms with E-state index in [9.17, 15) is 0 Å². The molecule has 0 aliphatic carbocycles. The fraction of sp³-hybridized carbons (Fsp3) is 0.462. The summed E-state index contributed by atoms with van der Waals surface area (Å²) < 4.78 is 1.78. The van der Waals surface area contributed by atoms with Gasteiger partial charge in [-0.2, -0.15) is 0 Å². The molecule has 0 aliphatic rings. The standard InChI is InChI=1S/C13H19N5/c1-3-5-12(14)13-9-18(17-16-13)8-11-7-4-6-10(2)15-11/h4,6-7,9,12H,3,5,8,14H2,1-2H3. The van der Waals surface area contributed by atoms with Crippen LogP contribution in [0.5, 0.6) is 0 Å². The Labute approximate surface area is 107 Å². The van der Waals surface area contributed by atoms with Crippen molar-refractivity contribution in [2.75, 3.05) is 0 Å². The zero-order chi connectivity index (χ0) is 13.0. The predicted molar refractivity (Wildman–Crippen MR) is 69.9 cm³/mol. The maximum absolute atomic E-state index is 6.00. The molecule has 0 fully saturated rings. The molecule has 2 rings (SSSR count). The van der Waals surface area contributed by atoms with E-state index in [0.29, 0.717) is 6.54 Å². The quantitative estimate of drug-likeness (QED) is 0.872. The van der Waals surface area contributed by atoms with Gasteiger partial charge in [0.1, 0.15) is 0 Å². The summed E-state index contributed by atoms with van der Waals surface area (Å²) in [6.07, 6.45) is 3.89. The molecule has 0 spiro atoms. The molecular formula is C13H19N5. The first kappa shape index (κ1) is 12.7. The van der Waals surface area contributed by atoms with Gasteiger partial charge in [0.05, 0.1) is 30.2 Å². The molecule has 0 amide bonds. The SMILES string of the molecule is CCCC(N)c1cn(Cc2cccc(C)n2)nn1. The van der Waals surface area contributed by atoms with E-state index in [1.807, 2.05) is 31.3 Å². The highest BCUT2D eigenvalue weighted by atomic mass is 15.4. The summed E-state index contributed by atoms with van der Waals surface area (Å²) in [4.78, 5) is 4.44. The number of pyridine rings is 1. The first-order valence-corrected chi connectivity index (χ1v) is 6.27. The lowest BCUT2D eigenvalue weighted by Crippen LogP contribution is -2.10. The summed E-state index contributed by atoms with van der Waals surface area (Å²) in [6.45, 7) is 4.72. The Balaban J connectivity index is 2.06. The van der Waals surface area contributed by atoms with E-state index < -0.39 is 0 Å². The Bertz CT molecular complexity index is 506. The van der Waals surface area contributed by atoms with Crippen LogP contribution in [-0.2, 0) is 6.54 Å². The number of rotatable bonds is 5. The van der Waals surface area contributed by atoms with Gasteiger partial charge in [-0.3, -0.25) is 4.98 Å². The van der Waals surface area contributed by atoms with Crippen molar-refractivity contribution in [3.05, 3.63) is 41.5 Å². The summed E-state index contributed by atoms with van der Waals surface area (Å²) >= 11 is 0. The number of nitrogens with two attached hydrogens (primary N) is 1. The van der Waals surface area contributed by atoms with Crippen molar-refractivity contribution in [2.24, 2.45) is 5.73 Å². The number of hydrogen-bond acceptors (Lipinski definition) is 4. The van der Waals surface area contributed by atoms with Gasteiger partial charge in [-0.25, -0.2) is 4.68 Å². The van der Waals surface area contributed by atoms with Crippen LogP contribution in [0.4, 0.5) is 0 Å². The van der Waals surface area contributed by atoms with E-state index in [0.717, 1.165) is 29.9 Å². The zero-order valence-corrected chi connectivity index (χ0v) is 10.9. The summed E-state index contributed by atoms with van der Waals surface area (Å²) in [5.74, 6) is 0. The molecule has 0 saturated heterocycles. The molecule has 0 aromatic carbocycles. The van der Waals surface area contributed by atoms with E-state index >= 15 is 0 Å². The zero-order valence-electron chi connectivity index (χ0n) is 10.9. The minimum absolute atomic E-state index is 0.0192. The van der Waals surface area contributed by atoms with Crippen molar-refractivity contribution in [3.8, 4) is 0 Å². The molecule has 5 nitrogen and oxygen atoms in total. The van der Waals surface area contributed by atoms with Crippen molar-refractivity contribution < 1.29 is 0 Å². The van der Waals surface area contributed by atoms with Gasteiger partial charge in [0.15, 0.2) is 0 Å². The minimum atomic E-state index is -0.0192. The fourth-order valence-electron chi connectivity index (χ4n) is 1.87. The maximum atomic E-state index is 6.00. The molecule has 1 unspecified atom stereocenters. The predicted octanol–water partition coefficient (Wildman–Crippen LogP) is 1.83.